The average Bonchev–Trinajstić information content (AvgIpc) is 3.55. The van der Waals surface area contributed by atoms with Gasteiger partial charge < -0.3 is 4.57 Å². The molecule has 8 rings (SSSR count). The van der Waals surface area contributed by atoms with Crippen LogP contribution < -0.4 is 0 Å². The molecule has 0 spiro atoms. The fourth-order valence-corrected chi connectivity index (χ4v) is 6.87. The van der Waals surface area contributed by atoms with Crippen molar-refractivity contribution in [2.45, 2.75) is 20.3 Å². The number of carbonyl (C=O) groups excluding carboxylic acids is 2. The quantitative estimate of drug-likeness (QED) is 0.342. The third-order valence-corrected chi connectivity index (χ3v) is 8.43. The molecule has 5 aliphatic rings. The molecule has 164 valence electrons. The molecule has 0 unspecified atom stereocenters. The summed E-state index contributed by atoms with van der Waals surface area (Å²) >= 11 is 0. The van der Waals surface area contributed by atoms with Crippen LogP contribution in [0.2, 0.25) is 0 Å². The van der Waals surface area contributed by atoms with Crippen LogP contribution in [0.1, 0.15) is 23.4 Å². The first-order chi connectivity index (χ1) is 16.0. The first-order valence-corrected chi connectivity index (χ1v) is 11.8. The number of hydrazone groups is 1. The Morgan fingerprint density at radius 2 is 1.58 bits per heavy atom. The lowest BCUT2D eigenvalue weighted by Gasteiger charge is -2.37. The second-order valence-electron chi connectivity index (χ2n) is 10.0. The molecule has 2 bridgehead atoms. The van der Waals surface area contributed by atoms with Crippen LogP contribution in [0.15, 0.2) is 65.8 Å². The summed E-state index contributed by atoms with van der Waals surface area (Å²) in [6.45, 7) is 4.13. The number of hydrogen-bond acceptors (Lipinski definition) is 3. The number of aromatic nitrogens is 1. The molecule has 2 amide bonds. The van der Waals surface area contributed by atoms with Crippen LogP contribution in [0.3, 0.4) is 0 Å². The van der Waals surface area contributed by atoms with Crippen LogP contribution in [-0.4, -0.2) is 27.6 Å². The van der Waals surface area contributed by atoms with E-state index in [1.807, 2.05) is 6.07 Å². The zero-order valence-corrected chi connectivity index (χ0v) is 18.7. The minimum absolute atomic E-state index is 0.117. The Bertz CT molecular complexity index is 1370. The molecule has 2 heterocycles. The number of hydrogen-bond donors (Lipinski definition) is 0. The highest BCUT2D eigenvalue weighted by molar-refractivity contribution is 6.06. The van der Waals surface area contributed by atoms with E-state index in [2.05, 4.69) is 78.1 Å². The number of allylic oxidation sites excluding steroid dienone is 2. The van der Waals surface area contributed by atoms with Gasteiger partial charge in [0.1, 0.15) is 0 Å². The number of carbonyl (C=O) groups is 2. The Balaban J connectivity index is 1.23. The van der Waals surface area contributed by atoms with Crippen molar-refractivity contribution in [2.75, 3.05) is 0 Å². The van der Waals surface area contributed by atoms with Crippen LogP contribution >= 0.6 is 0 Å². The summed E-state index contributed by atoms with van der Waals surface area (Å²) in [4.78, 5) is 26.4. The molecule has 1 aromatic heterocycles. The lowest BCUT2D eigenvalue weighted by Crippen LogP contribution is -2.40. The number of imide groups is 1. The lowest BCUT2D eigenvalue weighted by molar-refractivity contribution is -0.140. The van der Waals surface area contributed by atoms with E-state index in [0.29, 0.717) is 11.8 Å². The van der Waals surface area contributed by atoms with Crippen molar-refractivity contribution in [3.05, 3.63) is 77.6 Å². The van der Waals surface area contributed by atoms with E-state index < -0.39 is 0 Å². The Morgan fingerprint density at radius 1 is 0.909 bits per heavy atom. The van der Waals surface area contributed by atoms with Crippen molar-refractivity contribution in [1.29, 1.82) is 0 Å². The molecular formula is C28H25N3O2. The largest absolute Gasteiger partial charge is 0.317 e. The number of amides is 2. The lowest BCUT2D eigenvalue weighted by atomic mass is 9.63. The van der Waals surface area contributed by atoms with Crippen LogP contribution in [-0.2, 0) is 9.59 Å². The number of nitrogens with zero attached hydrogens (tertiary/aromatic N) is 3. The van der Waals surface area contributed by atoms with Gasteiger partial charge >= 0.3 is 0 Å². The molecular weight excluding hydrogens is 410 g/mol. The standard InChI is InChI=1S/C28H25N3O2/c1-15-12-18(16(2)30(15)24-9-5-7-17-6-3-4-8-19(17)24)14-29-31-27(32)25-20-10-11-21(23-13-22(20)23)26(25)28(31)33/h3-12,14,20-23,25-26H,13H2,1-2H3/b29-14-/t20-,21-,22-,23+,25+,26+/m0/s1. The molecule has 5 nitrogen and oxygen atoms in total. The zero-order valence-electron chi connectivity index (χ0n) is 18.7. The molecule has 1 aliphatic heterocycles. The van der Waals surface area contributed by atoms with E-state index in [1.54, 1.807) is 6.21 Å². The summed E-state index contributed by atoms with van der Waals surface area (Å²) in [7, 11) is 0. The normalized spacial score (nSPS) is 31.6. The van der Waals surface area contributed by atoms with Gasteiger partial charge in [0.25, 0.3) is 11.8 Å². The Labute approximate surface area is 192 Å². The van der Waals surface area contributed by atoms with Gasteiger partial charge in [0.05, 0.1) is 23.7 Å². The summed E-state index contributed by atoms with van der Waals surface area (Å²) < 4.78 is 2.22. The van der Waals surface area contributed by atoms with E-state index in [4.69, 9.17) is 0 Å². The van der Waals surface area contributed by atoms with E-state index >= 15 is 0 Å². The molecule has 2 aromatic carbocycles. The zero-order chi connectivity index (χ0) is 22.4. The molecule has 0 radical (unpaired) electrons. The summed E-state index contributed by atoms with van der Waals surface area (Å²) in [6.07, 6.45) is 7.23. The van der Waals surface area contributed by atoms with Crippen molar-refractivity contribution in [1.82, 2.24) is 9.58 Å². The Kier molecular flexibility index (Phi) is 3.77. The molecule has 6 atom stereocenters. The predicted octanol–water partition coefficient (Wildman–Crippen LogP) is 4.63. The minimum Gasteiger partial charge on any atom is -0.317 e. The van der Waals surface area contributed by atoms with Crippen LogP contribution in [0.5, 0.6) is 0 Å². The van der Waals surface area contributed by atoms with Crippen molar-refractivity contribution in [2.24, 2.45) is 40.6 Å². The number of fused-ring (bicyclic) bond motifs is 1. The maximum Gasteiger partial charge on any atom is 0.254 e. The van der Waals surface area contributed by atoms with Gasteiger partial charge in [-0.25, -0.2) is 0 Å². The Morgan fingerprint density at radius 3 is 2.30 bits per heavy atom. The van der Waals surface area contributed by atoms with Crippen molar-refractivity contribution >= 4 is 28.8 Å². The number of benzene rings is 2. The van der Waals surface area contributed by atoms with Gasteiger partial charge in [0.2, 0.25) is 0 Å². The molecule has 33 heavy (non-hydrogen) atoms. The smallest absolute Gasteiger partial charge is 0.254 e. The highest BCUT2D eigenvalue weighted by Crippen LogP contribution is 2.65. The van der Waals surface area contributed by atoms with E-state index in [1.165, 1.54) is 17.2 Å². The first-order valence-electron chi connectivity index (χ1n) is 11.8. The highest BCUT2D eigenvalue weighted by atomic mass is 16.2. The van der Waals surface area contributed by atoms with Gasteiger partial charge in [0, 0.05) is 22.3 Å². The second-order valence-corrected chi connectivity index (χ2v) is 10.0. The van der Waals surface area contributed by atoms with E-state index in [-0.39, 0.29) is 35.5 Å². The molecule has 5 heteroatoms. The summed E-state index contributed by atoms with van der Waals surface area (Å²) in [6, 6.07) is 16.7. The third-order valence-electron chi connectivity index (χ3n) is 8.43. The van der Waals surface area contributed by atoms with Crippen molar-refractivity contribution in [3.8, 4) is 5.69 Å². The summed E-state index contributed by atoms with van der Waals surface area (Å²) in [5, 5.41) is 7.99. The minimum atomic E-state index is -0.212. The van der Waals surface area contributed by atoms with E-state index in [9.17, 15) is 9.59 Å². The summed E-state index contributed by atoms with van der Waals surface area (Å²) in [5.74, 6) is 0.981. The number of aryl methyl sites for hydroxylation is 1. The molecule has 1 saturated heterocycles. The van der Waals surface area contributed by atoms with Crippen molar-refractivity contribution in [3.63, 3.8) is 0 Å². The molecule has 3 fully saturated rings. The second kappa shape index (κ2) is 6.53. The fourth-order valence-electron chi connectivity index (χ4n) is 6.87. The molecule has 0 N–H and O–H groups in total. The SMILES string of the molecule is Cc1cc(/C=N\N2C(=O)[C@@H]3[C@H]4C=C[C@@H]([C@@H]5C[C@H]45)[C@H]3C2=O)c(C)n1-c1cccc2ccccc12. The first kappa shape index (κ1) is 19.0. The van der Waals surface area contributed by atoms with Gasteiger partial charge in [0.15, 0.2) is 0 Å². The van der Waals surface area contributed by atoms with Gasteiger partial charge in [-0.15, -0.1) is 0 Å². The maximum absolute atomic E-state index is 13.2. The third kappa shape index (κ3) is 2.51. The fraction of sp³-hybridized carbons (Fsp3) is 0.321. The maximum atomic E-state index is 13.2. The van der Waals surface area contributed by atoms with Crippen LogP contribution in [0.4, 0.5) is 0 Å². The highest BCUT2D eigenvalue weighted by Gasteiger charge is 2.67. The van der Waals surface area contributed by atoms with Crippen molar-refractivity contribution < 1.29 is 9.59 Å². The van der Waals surface area contributed by atoms with Gasteiger partial charge in [-0.1, -0.05) is 48.6 Å². The van der Waals surface area contributed by atoms with Crippen LogP contribution in [0, 0.1) is 49.4 Å². The predicted molar refractivity (Wildman–Crippen MR) is 127 cm³/mol. The van der Waals surface area contributed by atoms with Crippen LogP contribution in [0.25, 0.3) is 16.5 Å². The van der Waals surface area contributed by atoms with E-state index in [0.717, 1.165) is 27.6 Å². The van der Waals surface area contributed by atoms with Gasteiger partial charge in [-0.3, -0.25) is 9.59 Å². The molecule has 4 aliphatic carbocycles. The molecule has 3 aromatic rings. The molecule has 2 saturated carbocycles. The van der Waals surface area contributed by atoms with Gasteiger partial charge in [-0.05, 0) is 61.5 Å². The summed E-state index contributed by atoms with van der Waals surface area (Å²) in [5.41, 5.74) is 4.15. The number of rotatable bonds is 3. The Hall–Kier alpha value is -3.47. The van der Waals surface area contributed by atoms with Gasteiger partial charge in [-0.2, -0.15) is 10.1 Å². The average molecular weight is 436 g/mol. The monoisotopic (exact) mass is 435 g/mol. The topological polar surface area (TPSA) is 54.7 Å².